The summed E-state index contributed by atoms with van der Waals surface area (Å²) >= 11 is 7.15. The van der Waals surface area contributed by atoms with E-state index in [0.29, 0.717) is 15.9 Å². The van der Waals surface area contributed by atoms with Gasteiger partial charge in [0.05, 0.1) is 5.25 Å². The van der Waals surface area contributed by atoms with E-state index >= 15 is 0 Å². The lowest BCUT2D eigenvalue weighted by atomic mass is 10.2. The summed E-state index contributed by atoms with van der Waals surface area (Å²) in [7, 11) is 0. The normalized spacial score (nSPS) is 12.0. The highest BCUT2D eigenvalue weighted by atomic mass is 35.5. The fraction of sp³-hybridized carbons (Fsp3) is 0.286. The zero-order chi connectivity index (χ0) is 16.3. The predicted octanol–water partition coefficient (Wildman–Crippen LogP) is 2.55. The number of hydrogen-bond acceptors (Lipinski definition) is 5. The van der Waals surface area contributed by atoms with Crippen molar-refractivity contribution in [2.75, 3.05) is 5.32 Å². The molecule has 1 amide bonds. The highest BCUT2D eigenvalue weighted by Crippen LogP contribution is 2.25. The number of hydrogen-bond donors (Lipinski definition) is 2. The van der Waals surface area contributed by atoms with E-state index in [2.05, 4.69) is 20.5 Å². The van der Waals surface area contributed by atoms with Gasteiger partial charge in [0.1, 0.15) is 5.69 Å². The fourth-order valence-electron chi connectivity index (χ4n) is 1.63. The molecule has 8 heteroatoms. The average Bonchev–Trinajstić information content (AvgIpc) is 2.47. The Labute approximate surface area is 136 Å². The van der Waals surface area contributed by atoms with Crippen molar-refractivity contribution in [2.45, 2.75) is 31.2 Å². The molecule has 1 unspecified atom stereocenters. The number of aromatic amines is 1. The summed E-state index contributed by atoms with van der Waals surface area (Å²) in [6, 6.07) is 5.31. The number of carbonyl (C=O) groups is 1. The molecule has 1 aromatic carbocycles. The van der Waals surface area contributed by atoms with Crippen LogP contribution in [0.2, 0.25) is 5.02 Å². The van der Waals surface area contributed by atoms with Gasteiger partial charge in [-0.2, -0.15) is 0 Å². The van der Waals surface area contributed by atoms with Crippen molar-refractivity contribution in [1.29, 1.82) is 0 Å². The van der Waals surface area contributed by atoms with Crippen LogP contribution < -0.4 is 10.9 Å². The van der Waals surface area contributed by atoms with Gasteiger partial charge in [-0.05, 0) is 38.5 Å². The lowest BCUT2D eigenvalue weighted by molar-refractivity contribution is -0.115. The summed E-state index contributed by atoms with van der Waals surface area (Å²) in [6.07, 6.45) is 0. The van der Waals surface area contributed by atoms with Gasteiger partial charge in [-0.25, -0.2) is 0 Å². The van der Waals surface area contributed by atoms with Crippen molar-refractivity contribution < 1.29 is 4.79 Å². The SMILES string of the molecule is Cc1c(Cl)cccc1NC(=O)C(C)Sc1nnc(C)c(=O)[nH]1. The van der Waals surface area contributed by atoms with Crippen LogP contribution >= 0.6 is 23.4 Å². The lowest BCUT2D eigenvalue weighted by Gasteiger charge is -2.13. The second-order valence-corrected chi connectivity index (χ2v) is 6.44. The van der Waals surface area contributed by atoms with Crippen molar-refractivity contribution in [2.24, 2.45) is 0 Å². The first-order chi connectivity index (χ1) is 10.4. The van der Waals surface area contributed by atoms with Crippen LogP contribution in [0.4, 0.5) is 5.69 Å². The van der Waals surface area contributed by atoms with E-state index in [9.17, 15) is 9.59 Å². The summed E-state index contributed by atoms with van der Waals surface area (Å²) in [6.45, 7) is 5.12. The molecule has 0 spiro atoms. The van der Waals surface area contributed by atoms with Crippen molar-refractivity contribution in [1.82, 2.24) is 15.2 Å². The third-order valence-electron chi connectivity index (χ3n) is 3.02. The van der Waals surface area contributed by atoms with E-state index in [1.807, 2.05) is 6.92 Å². The number of amides is 1. The number of halogens is 1. The Morgan fingerprint density at radius 1 is 1.36 bits per heavy atom. The van der Waals surface area contributed by atoms with Gasteiger partial charge in [-0.15, -0.1) is 10.2 Å². The molecule has 2 aromatic rings. The number of nitrogens with one attached hydrogen (secondary N) is 2. The molecule has 0 saturated heterocycles. The van der Waals surface area contributed by atoms with E-state index in [1.54, 1.807) is 32.0 Å². The van der Waals surface area contributed by atoms with Crippen molar-refractivity contribution in [3.8, 4) is 0 Å². The molecule has 0 aliphatic carbocycles. The molecule has 0 saturated carbocycles. The summed E-state index contributed by atoms with van der Waals surface area (Å²) < 4.78 is 0. The van der Waals surface area contributed by atoms with Gasteiger partial charge in [-0.1, -0.05) is 29.4 Å². The van der Waals surface area contributed by atoms with E-state index in [-0.39, 0.29) is 17.2 Å². The summed E-state index contributed by atoms with van der Waals surface area (Å²) in [4.78, 5) is 26.3. The van der Waals surface area contributed by atoms with Crippen LogP contribution in [0.25, 0.3) is 0 Å². The minimum Gasteiger partial charge on any atom is -0.325 e. The minimum atomic E-state index is -0.453. The van der Waals surface area contributed by atoms with E-state index in [0.717, 1.165) is 17.3 Å². The largest absolute Gasteiger partial charge is 0.325 e. The molecule has 2 N–H and O–H groups in total. The molecule has 0 radical (unpaired) electrons. The Morgan fingerprint density at radius 3 is 2.77 bits per heavy atom. The van der Waals surface area contributed by atoms with Crippen LogP contribution in [0, 0.1) is 13.8 Å². The third-order valence-corrected chi connectivity index (χ3v) is 4.41. The molecular formula is C14H15ClN4O2S. The molecule has 116 valence electrons. The second kappa shape index (κ2) is 6.93. The topological polar surface area (TPSA) is 87.7 Å². The Hall–Kier alpha value is -1.86. The summed E-state index contributed by atoms with van der Waals surface area (Å²) in [5, 5.41) is 10.8. The number of benzene rings is 1. The van der Waals surface area contributed by atoms with Gasteiger partial charge in [0.25, 0.3) is 5.56 Å². The molecule has 1 heterocycles. The highest BCUT2D eigenvalue weighted by molar-refractivity contribution is 8.00. The van der Waals surface area contributed by atoms with Crippen molar-refractivity contribution >= 4 is 35.0 Å². The van der Waals surface area contributed by atoms with E-state index in [4.69, 9.17) is 11.6 Å². The number of aromatic nitrogens is 3. The smallest absolute Gasteiger partial charge is 0.273 e. The zero-order valence-electron chi connectivity index (χ0n) is 12.3. The zero-order valence-corrected chi connectivity index (χ0v) is 13.9. The Morgan fingerprint density at radius 2 is 2.09 bits per heavy atom. The van der Waals surface area contributed by atoms with Crippen molar-refractivity contribution in [3.05, 3.63) is 44.8 Å². The number of rotatable bonds is 4. The molecular weight excluding hydrogens is 324 g/mol. The predicted molar refractivity (Wildman–Crippen MR) is 87.5 cm³/mol. The maximum atomic E-state index is 12.2. The van der Waals surface area contributed by atoms with Crippen LogP contribution in [0.1, 0.15) is 18.2 Å². The van der Waals surface area contributed by atoms with Crippen LogP contribution in [-0.4, -0.2) is 26.3 Å². The van der Waals surface area contributed by atoms with Gasteiger partial charge in [-0.3, -0.25) is 14.6 Å². The quantitative estimate of drug-likeness (QED) is 0.836. The molecule has 0 bridgehead atoms. The molecule has 0 fully saturated rings. The summed E-state index contributed by atoms with van der Waals surface area (Å²) in [5.41, 5.74) is 1.44. The number of H-pyrrole nitrogens is 1. The van der Waals surface area contributed by atoms with Crippen LogP contribution in [0.15, 0.2) is 28.2 Å². The molecule has 6 nitrogen and oxygen atoms in total. The Balaban J connectivity index is 2.07. The van der Waals surface area contributed by atoms with Crippen LogP contribution in [0.5, 0.6) is 0 Å². The van der Waals surface area contributed by atoms with Gasteiger partial charge in [0.15, 0.2) is 5.16 Å². The second-order valence-electron chi connectivity index (χ2n) is 4.71. The Bertz CT molecular complexity index is 763. The maximum absolute atomic E-state index is 12.2. The van der Waals surface area contributed by atoms with E-state index < -0.39 is 5.25 Å². The first kappa shape index (κ1) is 16.5. The van der Waals surface area contributed by atoms with Crippen molar-refractivity contribution in [3.63, 3.8) is 0 Å². The number of thioether (sulfide) groups is 1. The number of carbonyl (C=O) groups excluding carboxylic acids is 1. The molecule has 0 aliphatic heterocycles. The van der Waals surface area contributed by atoms with Gasteiger partial charge in [0, 0.05) is 10.7 Å². The Kier molecular flexibility index (Phi) is 5.20. The lowest BCUT2D eigenvalue weighted by Crippen LogP contribution is -2.24. The van der Waals surface area contributed by atoms with Gasteiger partial charge < -0.3 is 5.32 Å². The monoisotopic (exact) mass is 338 g/mol. The average molecular weight is 339 g/mol. The first-order valence-electron chi connectivity index (χ1n) is 6.54. The van der Waals surface area contributed by atoms with E-state index in [1.165, 1.54) is 0 Å². The molecule has 1 atom stereocenters. The molecule has 0 aliphatic rings. The highest BCUT2D eigenvalue weighted by Gasteiger charge is 2.17. The minimum absolute atomic E-state index is 0.210. The number of anilines is 1. The molecule has 22 heavy (non-hydrogen) atoms. The first-order valence-corrected chi connectivity index (χ1v) is 7.80. The maximum Gasteiger partial charge on any atom is 0.273 e. The third kappa shape index (κ3) is 3.86. The number of nitrogens with zero attached hydrogens (tertiary/aromatic N) is 2. The number of aryl methyl sites for hydroxylation is 1. The summed E-state index contributed by atoms with van der Waals surface area (Å²) in [5.74, 6) is -0.210. The van der Waals surface area contributed by atoms with Crippen LogP contribution in [-0.2, 0) is 4.79 Å². The molecule has 1 aromatic heterocycles. The van der Waals surface area contributed by atoms with Gasteiger partial charge in [0.2, 0.25) is 5.91 Å². The van der Waals surface area contributed by atoms with Gasteiger partial charge >= 0.3 is 0 Å². The molecule has 2 rings (SSSR count). The fourth-order valence-corrected chi connectivity index (χ4v) is 2.54. The van der Waals surface area contributed by atoms with Crippen LogP contribution in [0.3, 0.4) is 0 Å². The standard InChI is InChI=1S/C14H15ClN4O2S/c1-7-10(15)5-4-6-11(7)16-13(21)9(3)22-14-17-12(20)8(2)18-19-14/h4-6,9H,1-3H3,(H,16,21)(H,17,19,20).